The van der Waals surface area contributed by atoms with Crippen LogP contribution in [0.4, 0.5) is 0 Å². The summed E-state index contributed by atoms with van der Waals surface area (Å²) in [6.07, 6.45) is 1.52. The van der Waals surface area contributed by atoms with Crippen LogP contribution in [0.15, 0.2) is 96.1 Å². The second kappa shape index (κ2) is 12.8. The normalized spacial score (nSPS) is 10.8. The maximum absolute atomic E-state index is 12.8. The molecule has 4 aromatic rings. The number of ether oxygens (including phenoxy) is 3. The number of benzene rings is 4. The van der Waals surface area contributed by atoms with Gasteiger partial charge in [0.1, 0.15) is 19.0 Å². The van der Waals surface area contributed by atoms with Gasteiger partial charge in [-0.2, -0.15) is 5.10 Å². The maximum atomic E-state index is 12.8. The van der Waals surface area contributed by atoms with E-state index in [9.17, 15) is 4.79 Å². The van der Waals surface area contributed by atoms with Crippen molar-refractivity contribution in [3.05, 3.63) is 123 Å². The second-order valence-corrected chi connectivity index (χ2v) is 8.68. The van der Waals surface area contributed by atoms with Crippen LogP contribution >= 0.6 is 23.2 Å². The lowest BCUT2D eigenvalue weighted by molar-refractivity contribution is 0.0950. The number of halogens is 2. The largest absolute Gasteiger partial charge is 0.493 e. The van der Waals surface area contributed by atoms with E-state index in [0.717, 1.165) is 11.1 Å². The Morgan fingerprint density at radius 3 is 2.03 bits per heavy atom. The Morgan fingerprint density at radius 2 is 1.38 bits per heavy atom. The first-order valence-corrected chi connectivity index (χ1v) is 12.1. The molecule has 0 bridgehead atoms. The summed E-state index contributed by atoms with van der Waals surface area (Å²) in [6, 6.07) is 27.2. The number of carbonyl (C=O) groups excluding carboxylic acids is 1. The summed E-state index contributed by atoms with van der Waals surface area (Å²) in [7, 11) is 1.56. The molecule has 0 spiro atoms. The van der Waals surface area contributed by atoms with Crippen molar-refractivity contribution in [1.82, 2.24) is 5.43 Å². The summed E-state index contributed by atoms with van der Waals surface area (Å²) in [5.74, 6) is 1.11. The van der Waals surface area contributed by atoms with Crippen LogP contribution in [0.2, 0.25) is 10.0 Å². The summed E-state index contributed by atoms with van der Waals surface area (Å²) < 4.78 is 17.2. The number of rotatable bonds is 10. The lowest BCUT2D eigenvalue weighted by Crippen LogP contribution is -2.18. The lowest BCUT2D eigenvalue weighted by atomic mass is 10.2. The molecule has 0 radical (unpaired) electrons. The predicted molar refractivity (Wildman–Crippen MR) is 146 cm³/mol. The summed E-state index contributed by atoms with van der Waals surface area (Å²) in [5.41, 5.74) is 5.30. The van der Waals surface area contributed by atoms with Gasteiger partial charge in [-0.15, -0.1) is 0 Å². The van der Waals surface area contributed by atoms with Crippen molar-refractivity contribution in [2.45, 2.75) is 13.2 Å². The zero-order chi connectivity index (χ0) is 26.0. The van der Waals surface area contributed by atoms with Gasteiger partial charge in [-0.1, -0.05) is 71.7 Å². The average molecular weight is 535 g/mol. The Morgan fingerprint density at radius 1 is 0.784 bits per heavy atom. The van der Waals surface area contributed by atoms with E-state index in [2.05, 4.69) is 10.5 Å². The molecule has 0 unspecified atom stereocenters. The first-order chi connectivity index (χ1) is 18.0. The molecule has 0 aliphatic carbocycles. The fourth-order valence-corrected chi connectivity index (χ4v) is 3.81. The molecule has 1 N–H and O–H groups in total. The average Bonchev–Trinajstić information content (AvgIpc) is 2.92. The van der Waals surface area contributed by atoms with E-state index in [1.165, 1.54) is 6.21 Å². The van der Waals surface area contributed by atoms with Gasteiger partial charge in [0.05, 0.1) is 18.9 Å². The molecule has 0 heterocycles. The van der Waals surface area contributed by atoms with E-state index in [4.69, 9.17) is 37.4 Å². The number of amides is 1. The number of para-hydroxylation sites is 1. The number of hydrazone groups is 1. The van der Waals surface area contributed by atoms with Crippen LogP contribution in [-0.2, 0) is 13.2 Å². The molecule has 0 aromatic heterocycles. The highest BCUT2D eigenvalue weighted by Gasteiger charge is 2.12. The molecule has 4 aromatic carbocycles. The Kier molecular flexibility index (Phi) is 9.03. The van der Waals surface area contributed by atoms with Crippen LogP contribution in [0.5, 0.6) is 17.2 Å². The van der Waals surface area contributed by atoms with E-state index in [-0.39, 0.29) is 6.61 Å². The van der Waals surface area contributed by atoms with Crippen molar-refractivity contribution >= 4 is 35.3 Å². The fraction of sp³-hybridized carbons (Fsp3) is 0.103. The highest BCUT2D eigenvalue weighted by Crippen LogP contribution is 2.29. The van der Waals surface area contributed by atoms with Gasteiger partial charge in [0.15, 0.2) is 11.5 Å². The number of hydrogen-bond donors (Lipinski definition) is 1. The summed E-state index contributed by atoms with van der Waals surface area (Å²) in [4.78, 5) is 12.8. The first kappa shape index (κ1) is 26.1. The standard InChI is InChI=1S/C29H24Cl2N2O4/c1-35-28-16-20(14-15-27(28)37-19-22-9-3-6-12-25(22)31)17-32-33-29(34)23-10-4-7-13-26(23)36-18-21-8-2-5-11-24(21)30/h2-17H,18-19H2,1H3,(H,33,34)/b32-17+. The molecule has 6 nitrogen and oxygen atoms in total. The molecular formula is C29H24Cl2N2O4. The van der Waals surface area contributed by atoms with Crippen molar-refractivity contribution in [3.8, 4) is 17.2 Å². The molecule has 0 saturated heterocycles. The SMILES string of the molecule is COc1cc(/C=N/NC(=O)c2ccccc2OCc2ccccc2Cl)ccc1OCc1ccccc1Cl. The minimum atomic E-state index is -0.405. The topological polar surface area (TPSA) is 69.2 Å². The van der Waals surface area contributed by atoms with Crippen molar-refractivity contribution in [2.75, 3.05) is 7.11 Å². The Hall–Kier alpha value is -4.00. The number of nitrogens with one attached hydrogen (secondary N) is 1. The van der Waals surface area contributed by atoms with Crippen LogP contribution in [0, 0.1) is 0 Å². The van der Waals surface area contributed by atoms with Gasteiger partial charge >= 0.3 is 0 Å². The van der Waals surface area contributed by atoms with Crippen LogP contribution in [0.25, 0.3) is 0 Å². The van der Waals surface area contributed by atoms with E-state index >= 15 is 0 Å². The minimum Gasteiger partial charge on any atom is -0.493 e. The Balaban J connectivity index is 1.38. The van der Waals surface area contributed by atoms with E-state index in [1.807, 2.05) is 42.5 Å². The van der Waals surface area contributed by atoms with E-state index < -0.39 is 5.91 Å². The highest BCUT2D eigenvalue weighted by molar-refractivity contribution is 6.31. The number of carbonyl (C=O) groups is 1. The van der Waals surface area contributed by atoms with Crippen LogP contribution in [-0.4, -0.2) is 19.2 Å². The zero-order valence-corrected chi connectivity index (χ0v) is 21.5. The second-order valence-electron chi connectivity index (χ2n) is 7.87. The zero-order valence-electron chi connectivity index (χ0n) is 20.0. The molecule has 0 aliphatic heterocycles. The fourth-order valence-electron chi connectivity index (χ4n) is 3.43. The van der Waals surface area contributed by atoms with Crippen molar-refractivity contribution in [2.24, 2.45) is 5.10 Å². The first-order valence-electron chi connectivity index (χ1n) is 11.4. The van der Waals surface area contributed by atoms with Gasteiger partial charge < -0.3 is 14.2 Å². The van der Waals surface area contributed by atoms with Crippen molar-refractivity contribution < 1.29 is 19.0 Å². The Labute approximate surface area is 225 Å². The van der Waals surface area contributed by atoms with Crippen LogP contribution in [0.1, 0.15) is 27.0 Å². The highest BCUT2D eigenvalue weighted by atomic mass is 35.5. The third-order valence-corrected chi connectivity index (χ3v) is 6.12. The smallest absolute Gasteiger partial charge is 0.275 e. The van der Waals surface area contributed by atoms with Crippen molar-refractivity contribution in [1.29, 1.82) is 0 Å². The number of methoxy groups -OCH3 is 1. The lowest BCUT2D eigenvalue weighted by Gasteiger charge is -2.12. The molecule has 0 atom stereocenters. The van der Waals surface area contributed by atoms with Gasteiger partial charge in [0.25, 0.3) is 5.91 Å². The molecule has 0 saturated carbocycles. The van der Waals surface area contributed by atoms with Gasteiger partial charge in [0.2, 0.25) is 0 Å². The molecule has 37 heavy (non-hydrogen) atoms. The molecule has 8 heteroatoms. The quantitative estimate of drug-likeness (QED) is 0.177. The third kappa shape index (κ3) is 7.03. The van der Waals surface area contributed by atoms with Gasteiger partial charge in [0, 0.05) is 21.2 Å². The van der Waals surface area contributed by atoms with Crippen molar-refractivity contribution in [3.63, 3.8) is 0 Å². The molecule has 188 valence electrons. The summed E-state index contributed by atoms with van der Waals surface area (Å²) >= 11 is 12.4. The summed E-state index contributed by atoms with van der Waals surface area (Å²) in [6.45, 7) is 0.537. The van der Waals surface area contributed by atoms with Gasteiger partial charge in [-0.05, 0) is 48.0 Å². The number of hydrogen-bond acceptors (Lipinski definition) is 5. The van der Waals surface area contributed by atoms with Gasteiger partial charge in [-0.3, -0.25) is 4.79 Å². The van der Waals surface area contributed by atoms with Gasteiger partial charge in [-0.25, -0.2) is 5.43 Å². The minimum absolute atomic E-state index is 0.234. The predicted octanol–water partition coefficient (Wildman–Crippen LogP) is 6.92. The molecule has 1 amide bonds. The monoisotopic (exact) mass is 534 g/mol. The maximum Gasteiger partial charge on any atom is 0.275 e. The Bertz CT molecular complexity index is 1410. The number of nitrogens with zero attached hydrogens (tertiary/aromatic N) is 1. The molecule has 4 rings (SSSR count). The van der Waals surface area contributed by atoms with E-state index in [0.29, 0.717) is 45.0 Å². The summed E-state index contributed by atoms with van der Waals surface area (Å²) in [5, 5.41) is 5.32. The molecule has 0 fully saturated rings. The van der Waals surface area contributed by atoms with Crippen LogP contribution < -0.4 is 19.6 Å². The molecular weight excluding hydrogens is 511 g/mol. The van der Waals surface area contributed by atoms with E-state index in [1.54, 1.807) is 55.6 Å². The van der Waals surface area contributed by atoms with Crippen LogP contribution in [0.3, 0.4) is 0 Å². The third-order valence-electron chi connectivity index (χ3n) is 5.38. The molecule has 0 aliphatic rings.